The van der Waals surface area contributed by atoms with E-state index in [1.54, 1.807) is 13.0 Å². The lowest BCUT2D eigenvalue weighted by Crippen LogP contribution is -2.29. The second kappa shape index (κ2) is 6.97. The lowest BCUT2D eigenvalue weighted by molar-refractivity contribution is -0.149. The molecule has 0 aliphatic rings. The summed E-state index contributed by atoms with van der Waals surface area (Å²) in [6, 6.07) is 9.75. The van der Waals surface area contributed by atoms with Gasteiger partial charge in [-0.25, -0.2) is 0 Å². The first kappa shape index (κ1) is 14.5. The maximum atomic E-state index is 10.8. The smallest absolute Gasteiger partial charge is 0.302 e. The maximum absolute atomic E-state index is 10.8. The van der Waals surface area contributed by atoms with Crippen molar-refractivity contribution >= 4 is 12.0 Å². The molecule has 0 radical (unpaired) electrons. The number of esters is 1. The van der Waals surface area contributed by atoms with Crippen molar-refractivity contribution in [2.75, 3.05) is 0 Å². The van der Waals surface area contributed by atoms with Gasteiger partial charge in [-0.15, -0.1) is 0 Å². The number of hydrogen-bond acceptors (Lipinski definition) is 3. The molecule has 1 aromatic carbocycles. The molecule has 0 amide bonds. The molecule has 0 bridgehead atoms. The summed E-state index contributed by atoms with van der Waals surface area (Å²) in [5.41, 5.74) is 1.03. The SMILES string of the molecule is CC(=O)O[C@H](C)[C@H](C)[C@H](O)/C=C/c1ccccc1. The van der Waals surface area contributed by atoms with E-state index in [1.807, 2.05) is 43.3 Å². The molecule has 0 aliphatic heterocycles. The molecule has 0 unspecified atom stereocenters. The van der Waals surface area contributed by atoms with Crippen molar-refractivity contribution in [2.45, 2.75) is 33.0 Å². The predicted octanol–water partition coefficient (Wildman–Crippen LogP) is 2.65. The topological polar surface area (TPSA) is 46.5 Å². The van der Waals surface area contributed by atoms with Gasteiger partial charge in [0.15, 0.2) is 0 Å². The fraction of sp³-hybridized carbons (Fsp3) is 0.400. The van der Waals surface area contributed by atoms with Crippen LogP contribution in [-0.4, -0.2) is 23.3 Å². The highest BCUT2D eigenvalue weighted by Crippen LogP contribution is 2.14. The monoisotopic (exact) mass is 248 g/mol. The van der Waals surface area contributed by atoms with E-state index in [1.165, 1.54) is 6.92 Å². The zero-order valence-corrected chi connectivity index (χ0v) is 11.0. The molecule has 0 spiro atoms. The molecule has 3 nitrogen and oxygen atoms in total. The van der Waals surface area contributed by atoms with Gasteiger partial charge in [0.05, 0.1) is 6.10 Å². The number of aliphatic hydroxyl groups is 1. The first-order chi connectivity index (χ1) is 8.50. The van der Waals surface area contributed by atoms with Crippen molar-refractivity contribution in [3.8, 4) is 0 Å². The Hall–Kier alpha value is -1.61. The Labute approximate surface area is 108 Å². The van der Waals surface area contributed by atoms with Crippen LogP contribution in [0, 0.1) is 5.92 Å². The number of ether oxygens (including phenoxy) is 1. The molecular formula is C15H20O3. The number of hydrogen-bond donors (Lipinski definition) is 1. The Balaban J connectivity index is 2.56. The highest BCUT2D eigenvalue weighted by atomic mass is 16.5. The van der Waals surface area contributed by atoms with Gasteiger partial charge in [0.25, 0.3) is 0 Å². The van der Waals surface area contributed by atoms with E-state index >= 15 is 0 Å². The molecule has 0 aliphatic carbocycles. The predicted molar refractivity (Wildman–Crippen MR) is 71.9 cm³/mol. The Morgan fingerprint density at radius 3 is 2.44 bits per heavy atom. The summed E-state index contributed by atoms with van der Waals surface area (Å²) >= 11 is 0. The Morgan fingerprint density at radius 2 is 1.89 bits per heavy atom. The molecule has 98 valence electrons. The first-order valence-corrected chi connectivity index (χ1v) is 6.09. The number of carbonyl (C=O) groups is 1. The van der Waals surface area contributed by atoms with Crippen LogP contribution < -0.4 is 0 Å². The van der Waals surface area contributed by atoms with E-state index in [0.29, 0.717) is 0 Å². The summed E-state index contributed by atoms with van der Waals surface area (Å²) in [4.78, 5) is 10.8. The Kier molecular flexibility index (Phi) is 5.59. The van der Waals surface area contributed by atoms with Crippen molar-refractivity contribution in [1.29, 1.82) is 0 Å². The third-order valence-electron chi connectivity index (χ3n) is 2.92. The maximum Gasteiger partial charge on any atom is 0.302 e. The van der Waals surface area contributed by atoms with Crippen LogP contribution in [0.3, 0.4) is 0 Å². The van der Waals surface area contributed by atoms with Crippen molar-refractivity contribution in [3.63, 3.8) is 0 Å². The lowest BCUT2D eigenvalue weighted by Gasteiger charge is -2.22. The molecule has 0 saturated carbocycles. The summed E-state index contributed by atoms with van der Waals surface area (Å²) in [5, 5.41) is 9.98. The molecule has 1 N–H and O–H groups in total. The van der Waals surface area contributed by atoms with Crippen molar-refractivity contribution in [1.82, 2.24) is 0 Å². The number of aliphatic hydroxyl groups excluding tert-OH is 1. The van der Waals surface area contributed by atoms with Crippen LogP contribution in [0.4, 0.5) is 0 Å². The lowest BCUT2D eigenvalue weighted by atomic mass is 9.98. The highest BCUT2D eigenvalue weighted by molar-refractivity contribution is 5.66. The van der Waals surface area contributed by atoms with Crippen LogP contribution in [0.25, 0.3) is 6.08 Å². The fourth-order valence-corrected chi connectivity index (χ4v) is 1.60. The number of benzene rings is 1. The first-order valence-electron chi connectivity index (χ1n) is 6.09. The molecule has 0 saturated heterocycles. The van der Waals surface area contributed by atoms with Crippen LogP contribution in [0.1, 0.15) is 26.3 Å². The largest absolute Gasteiger partial charge is 0.462 e. The van der Waals surface area contributed by atoms with Crippen LogP contribution in [0.5, 0.6) is 0 Å². The van der Waals surface area contributed by atoms with Crippen LogP contribution in [0.15, 0.2) is 36.4 Å². The standard InChI is InChI=1S/C15H20O3/c1-11(12(2)18-13(3)16)15(17)10-9-14-7-5-4-6-8-14/h4-12,15,17H,1-3H3/b10-9+/t11-,12+,15+/m0/s1. The second-order valence-corrected chi connectivity index (χ2v) is 4.43. The zero-order valence-electron chi connectivity index (χ0n) is 11.0. The third kappa shape index (κ3) is 4.72. The average molecular weight is 248 g/mol. The summed E-state index contributed by atoms with van der Waals surface area (Å²) < 4.78 is 5.05. The number of rotatable bonds is 5. The van der Waals surface area contributed by atoms with E-state index in [0.717, 1.165) is 5.56 Å². The van der Waals surface area contributed by atoms with Crippen molar-refractivity contribution < 1.29 is 14.6 Å². The summed E-state index contributed by atoms with van der Waals surface area (Å²) in [5.74, 6) is -0.470. The van der Waals surface area contributed by atoms with Gasteiger partial charge < -0.3 is 9.84 Å². The second-order valence-electron chi connectivity index (χ2n) is 4.43. The third-order valence-corrected chi connectivity index (χ3v) is 2.92. The van der Waals surface area contributed by atoms with Crippen molar-refractivity contribution in [2.24, 2.45) is 5.92 Å². The Morgan fingerprint density at radius 1 is 1.28 bits per heavy atom. The molecule has 0 aromatic heterocycles. The quantitative estimate of drug-likeness (QED) is 0.815. The Bertz CT molecular complexity index is 397. The van der Waals surface area contributed by atoms with Crippen molar-refractivity contribution in [3.05, 3.63) is 42.0 Å². The summed E-state index contributed by atoms with van der Waals surface area (Å²) in [7, 11) is 0. The van der Waals surface area contributed by atoms with E-state index in [4.69, 9.17) is 4.74 Å². The summed E-state index contributed by atoms with van der Waals surface area (Å²) in [6.45, 7) is 5.01. The minimum Gasteiger partial charge on any atom is -0.462 e. The molecule has 0 heterocycles. The van der Waals surface area contributed by atoms with Gasteiger partial charge in [-0.3, -0.25) is 4.79 Å². The molecule has 18 heavy (non-hydrogen) atoms. The van der Waals surface area contributed by atoms with E-state index in [-0.39, 0.29) is 18.0 Å². The van der Waals surface area contributed by atoms with E-state index < -0.39 is 6.10 Å². The van der Waals surface area contributed by atoms with Crippen LogP contribution >= 0.6 is 0 Å². The summed E-state index contributed by atoms with van der Waals surface area (Å²) in [6.07, 6.45) is 2.64. The molecular weight excluding hydrogens is 228 g/mol. The van der Waals surface area contributed by atoms with Gasteiger partial charge >= 0.3 is 5.97 Å². The van der Waals surface area contributed by atoms with Gasteiger partial charge in [0, 0.05) is 12.8 Å². The van der Waals surface area contributed by atoms with E-state index in [2.05, 4.69) is 0 Å². The van der Waals surface area contributed by atoms with Gasteiger partial charge in [-0.2, -0.15) is 0 Å². The molecule has 0 fully saturated rings. The van der Waals surface area contributed by atoms with Crippen LogP contribution in [-0.2, 0) is 9.53 Å². The van der Waals surface area contributed by atoms with Gasteiger partial charge in [-0.05, 0) is 12.5 Å². The minimum atomic E-state index is -0.639. The van der Waals surface area contributed by atoms with Crippen LogP contribution in [0.2, 0.25) is 0 Å². The molecule has 3 atom stereocenters. The number of carbonyl (C=O) groups excluding carboxylic acids is 1. The fourth-order valence-electron chi connectivity index (χ4n) is 1.60. The molecule has 1 rings (SSSR count). The highest BCUT2D eigenvalue weighted by Gasteiger charge is 2.20. The zero-order chi connectivity index (χ0) is 13.5. The van der Waals surface area contributed by atoms with Gasteiger partial charge in [0.2, 0.25) is 0 Å². The molecule has 3 heteroatoms. The van der Waals surface area contributed by atoms with Gasteiger partial charge in [0.1, 0.15) is 6.10 Å². The van der Waals surface area contributed by atoms with Gasteiger partial charge in [-0.1, -0.05) is 49.4 Å². The minimum absolute atomic E-state index is 0.145. The molecule has 1 aromatic rings. The normalized spacial score (nSPS) is 16.2. The average Bonchev–Trinajstić information content (AvgIpc) is 2.35. The van der Waals surface area contributed by atoms with E-state index in [9.17, 15) is 9.90 Å².